The van der Waals surface area contributed by atoms with Gasteiger partial charge in [0, 0.05) is 29.0 Å². The van der Waals surface area contributed by atoms with E-state index in [1.165, 1.54) is 30.3 Å². The number of Topliss-reactive ketones (excluding diaryl/α,β-unsaturated/α-hetero) is 1. The number of thioether (sulfide) groups is 1. The van der Waals surface area contributed by atoms with Gasteiger partial charge in [-0.1, -0.05) is 35.5 Å². The molecule has 0 N–H and O–H groups in total. The van der Waals surface area contributed by atoms with Crippen molar-refractivity contribution in [1.29, 1.82) is 0 Å². The second kappa shape index (κ2) is 8.36. The molecule has 2 aliphatic carbocycles. The summed E-state index contributed by atoms with van der Waals surface area (Å²) in [5.74, 6) is 1.89. The Morgan fingerprint density at radius 1 is 1.13 bits per heavy atom. The smallest absolute Gasteiger partial charge is 0.192 e. The predicted octanol–water partition coefficient (Wildman–Crippen LogP) is 5.57. The molecule has 31 heavy (non-hydrogen) atoms. The number of halogens is 1. The summed E-state index contributed by atoms with van der Waals surface area (Å²) in [6, 6.07) is 10.4. The van der Waals surface area contributed by atoms with Crippen LogP contribution in [0.15, 0.2) is 35.5 Å². The van der Waals surface area contributed by atoms with Gasteiger partial charge < -0.3 is 9.30 Å². The van der Waals surface area contributed by atoms with Crippen LogP contribution < -0.4 is 4.74 Å². The molecule has 0 saturated heterocycles. The molecule has 1 aromatic carbocycles. The largest absolute Gasteiger partial charge is 0.484 e. The third kappa shape index (κ3) is 4.26. The predicted molar refractivity (Wildman–Crippen MR) is 121 cm³/mol. The maximum Gasteiger partial charge on any atom is 0.192 e. The first-order valence-electron chi connectivity index (χ1n) is 10.7. The van der Waals surface area contributed by atoms with E-state index in [0.29, 0.717) is 35.2 Å². The lowest BCUT2D eigenvalue weighted by Gasteiger charge is -2.11. The molecular formula is C23H25ClN4O2S. The lowest BCUT2D eigenvalue weighted by atomic mass is 10.2. The number of benzene rings is 1. The average Bonchev–Trinajstić information content (AvgIpc) is 3.69. The van der Waals surface area contributed by atoms with E-state index in [-0.39, 0.29) is 5.78 Å². The first kappa shape index (κ1) is 20.6. The Bertz CT molecular complexity index is 1130. The van der Waals surface area contributed by atoms with E-state index in [1.54, 1.807) is 6.07 Å². The third-order valence-corrected chi connectivity index (χ3v) is 7.13. The Kier molecular flexibility index (Phi) is 5.56. The summed E-state index contributed by atoms with van der Waals surface area (Å²) in [4.78, 5) is 13.0. The van der Waals surface area contributed by atoms with Crippen molar-refractivity contribution < 1.29 is 9.53 Å². The summed E-state index contributed by atoms with van der Waals surface area (Å²) in [6.45, 7) is 4.44. The molecule has 0 spiro atoms. The van der Waals surface area contributed by atoms with Crippen LogP contribution >= 0.6 is 23.4 Å². The highest BCUT2D eigenvalue weighted by Gasteiger charge is 2.31. The Balaban J connectivity index is 1.28. The lowest BCUT2D eigenvalue weighted by molar-refractivity contribution is 0.102. The molecular weight excluding hydrogens is 432 g/mol. The first-order valence-corrected chi connectivity index (χ1v) is 12.0. The molecule has 2 fully saturated rings. The molecule has 0 atom stereocenters. The quantitative estimate of drug-likeness (QED) is 0.311. The van der Waals surface area contributed by atoms with E-state index in [9.17, 15) is 4.79 Å². The van der Waals surface area contributed by atoms with Crippen molar-refractivity contribution in [3.05, 3.63) is 58.1 Å². The number of para-hydroxylation sites is 1. The maximum atomic E-state index is 13.0. The monoisotopic (exact) mass is 456 g/mol. The van der Waals surface area contributed by atoms with Gasteiger partial charge in [-0.15, -0.1) is 10.2 Å². The van der Waals surface area contributed by atoms with Gasteiger partial charge in [0.1, 0.15) is 12.4 Å². The van der Waals surface area contributed by atoms with E-state index in [4.69, 9.17) is 16.3 Å². The van der Waals surface area contributed by atoms with Gasteiger partial charge in [-0.25, -0.2) is 0 Å². The number of hydrogen-bond donors (Lipinski definition) is 0. The van der Waals surface area contributed by atoms with Crippen molar-refractivity contribution in [1.82, 2.24) is 19.3 Å². The molecule has 2 aliphatic rings. The van der Waals surface area contributed by atoms with E-state index in [2.05, 4.69) is 33.2 Å². The fourth-order valence-electron chi connectivity index (χ4n) is 4.07. The number of nitrogens with zero attached hydrogens (tertiary/aromatic N) is 4. The van der Waals surface area contributed by atoms with Crippen molar-refractivity contribution in [2.24, 2.45) is 0 Å². The second-order valence-corrected chi connectivity index (χ2v) is 9.67. The van der Waals surface area contributed by atoms with Gasteiger partial charge in [-0.2, -0.15) is 0 Å². The summed E-state index contributed by atoms with van der Waals surface area (Å²) in [7, 11) is 0. The van der Waals surface area contributed by atoms with Crippen LogP contribution in [0.3, 0.4) is 0 Å². The minimum atomic E-state index is 0.143. The third-order valence-electron chi connectivity index (χ3n) is 5.87. The van der Waals surface area contributed by atoms with E-state index in [0.717, 1.165) is 35.1 Å². The van der Waals surface area contributed by atoms with Crippen LogP contribution in [-0.4, -0.2) is 30.9 Å². The highest BCUT2D eigenvalue weighted by molar-refractivity contribution is 7.99. The summed E-state index contributed by atoms with van der Waals surface area (Å²) in [6.07, 6.45) is 4.62. The molecule has 5 rings (SSSR count). The normalized spacial score (nSPS) is 16.0. The standard InChI is InChI=1S/C23H25ClN4O2S/c1-14-11-18(15(2)27(14)16-7-8-16)20(29)13-31-23-26-25-22(28(23)17-9-10-17)12-30-21-6-4-3-5-19(21)24/h3-6,11,16-17H,7-10,12-13H2,1-2H3. The van der Waals surface area contributed by atoms with Gasteiger partial charge in [0.15, 0.2) is 16.8 Å². The zero-order valence-corrected chi connectivity index (χ0v) is 19.2. The van der Waals surface area contributed by atoms with Crippen LogP contribution in [0, 0.1) is 13.8 Å². The molecule has 162 valence electrons. The number of aromatic nitrogens is 4. The zero-order valence-electron chi connectivity index (χ0n) is 17.7. The van der Waals surface area contributed by atoms with Gasteiger partial charge in [0.25, 0.3) is 0 Å². The molecule has 0 aliphatic heterocycles. The molecule has 0 radical (unpaired) electrons. The number of ketones is 1. The molecule has 0 amide bonds. The number of carbonyl (C=O) groups excluding carboxylic acids is 1. The Labute approximate surface area is 190 Å². The van der Waals surface area contributed by atoms with Crippen molar-refractivity contribution >= 4 is 29.1 Å². The fraction of sp³-hybridized carbons (Fsp3) is 0.435. The van der Waals surface area contributed by atoms with Crippen LogP contribution in [0.25, 0.3) is 0 Å². The number of hydrogen-bond acceptors (Lipinski definition) is 5. The maximum absolute atomic E-state index is 13.0. The first-order chi connectivity index (χ1) is 15.0. The van der Waals surface area contributed by atoms with Crippen molar-refractivity contribution in [2.45, 2.75) is 63.4 Å². The van der Waals surface area contributed by atoms with Gasteiger partial charge >= 0.3 is 0 Å². The molecule has 2 saturated carbocycles. The zero-order chi connectivity index (χ0) is 21.5. The van der Waals surface area contributed by atoms with Gasteiger partial charge in [-0.05, 0) is 57.7 Å². The van der Waals surface area contributed by atoms with Crippen LogP contribution in [0.1, 0.15) is 65.3 Å². The SMILES string of the molecule is Cc1cc(C(=O)CSc2nnc(COc3ccccc3Cl)n2C2CC2)c(C)n1C1CC1. The fourth-order valence-corrected chi connectivity index (χ4v) is 5.17. The summed E-state index contributed by atoms with van der Waals surface area (Å²) >= 11 is 7.65. The van der Waals surface area contributed by atoms with Crippen LogP contribution in [0.4, 0.5) is 0 Å². The molecule has 0 bridgehead atoms. The lowest BCUT2D eigenvalue weighted by Crippen LogP contribution is -2.09. The molecule has 8 heteroatoms. The number of ether oxygens (including phenoxy) is 1. The van der Waals surface area contributed by atoms with Crippen molar-refractivity contribution in [2.75, 3.05) is 5.75 Å². The Morgan fingerprint density at radius 2 is 1.84 bits per heavy atom. The summed E-state index contributed by atoms with van der Waals surface area (Å²) in [5.41, 5.74) is 3.09. The second-order valence-electron chi connectivity index (χ2n) is 8.32. The summed E-state index contributed by atoms with van der Waals surface area (Å²) in [5, 5.41) is 10.1. The van der Waals surface area contributed by atoms with Gasteiger partial charge in [-0.3, -0.25) is 9.36 Å². The van der Waals surface area contributed by atoms with Gasteiger partial charge in [0.05, 0.1) is 10.8 Å². The topological polar surface area (TPSA) is 61.9 Å². The van der Waals surface area contributed by atoms with E-state index in [1.807, 2.05) is 24.3 Å². The minimum absolute atomic E-state index is 0.143. The molecule has 0 unspecified atom stereocenters. The van der Waals surface area contributed by atoms with Crippen LogP contribution in [0.5, 0.6) is 5.75 Å². The Hall–Kier alpha value is -2.25. The minimum Gasteiger partial charge on any atom is -0.484 e. The van der Waals surface area contributed by atoms with E-state index < -0.39 is 0 Å². The summed E-state index contributed by atoms with van der Waals surface area (Å²) < 4.78 is 10.3. The van der Waals surface area contributed by atoms with Gasteiger partial charge in [0.2, 0.25) is 0 Å². The van der Waals surface area contributed by atoms with Crippen LogP contribution in [-0.2, 0) is 6.61 Å². The van der Waals surface area contributed by atoms with Crippen molar-refractivity contribution in [3.8, 4) is 5.75 Å². The number of carbonyl (C=O) groups is 1. The van der Waals surface area contributed by atoms with Crippen molar-refractivity contribution in [3.63, 3.8) is 0 Å². The molecule has 6 nitrogen and oxygen atoms in total. The van der Waals surface area contributed by atoms with E-state index >= 15 is 0 Å². The highest BCUT2D eigenvalue weighted by Crippen LogP contribution is 2.40. The van der Waals surface area contributed by atoms with Crippen LogP contribution in [0.2, 0.25) is 5.02 Å². The average molecular weight is 457 g/mol. The number of aryl methyl sites for hydroxylation is 1. The highest BCUT2D eigenvalue weighted by atomic mass is 35.5. The molecule has 3 aromatic rings. The number of rotatable bonds is 9. The molecule has 2 heterocycles. The Morgan fingerprint density at radius 3 is 2.55 bits per heavy atom. The molecule has 2 aromatic heterocycles.